The predicted octanol–water partition coefficient (Wildman–Crippen LogP) is 3.44. The van der Waals surface area contributed by atoms with E-state index in [0.29, 0.717) is 39.3 Å². The maximum Gasteiger partial charge on any atom is 0.514 e. The Bertz CT molecular complexity index is 1530. The summed E-state index contributed by atoms with van der Waals surface area (Å²) in [5, 5.41) is 15.8. The number of amides is 3. The summed E-state index contributed by atoms with van der Waals surface area (Å²) >= 11 is 0. The second-order valence-electron chi connectivity index (χ2n) is 12.6. The van der Waals surface area contributed by atoms with Gasteiger partial charge in [0.25, 0.3) is 11.6 Å². The molecule has 3 aliphatic heterocycles. The van der Waals surface area contributed by atoms with Crippen molar-refractivity contribution in [2.45, 2.75) is 51.1 Å². The first-order valence-corrected chi connectivity index (χ1v) is 15.8. The molecule has 2 aromatic carbocycles. The summed E-state index contributed by atoms with van der Waals surface area (Å²) in [4.78, 5) is 63.9. The minimum atomic E-state index is -1.09. The number of hydrogen-bond acceptors (Lipinski definition) is 11. The van der Waals surface area contributed by atoms with E-state index in [4.69, 9.17) is 9.47 Å². The van der Waals surface area contributed by atoms with Crippen molar-refractivity contribution >= 4 is 40.9 Å². The molecule has 1 atom stereocenters. The number of carbonyl (C=O) groups excluding carboxylic acids is 4. The topological polar surface area (TPSA) is 164 Å². The van der Waals surface area contributed by atoms with E-state index in [9.17, 15) is 29.3 Å². The third-order valence-electron chi connectivity index (χ3n) is 9.42. The van der Waals surface area contributed by atoms with Gasteiger partial charge in [0.2, 0.25) is 11.8 Å². The van der Waals surface area contributed by atoms with Crippen LogP contribution in [-0.2, 0) is 19.1 Å². The van der Waals surface area contributed by atoms with E-state index in [0.717, 1.165) is 12.8 Å². The molecule has 5 rings (SSSR count). The smallest absolute Gasteiger partial charge is 0.424 e. The van der Waals surface area contributed by atoms with Crippen molar-refractivity contribution in [1.29, 1.82) is 0 Å². The Labute approximate surface area is 275 Å². The van der Waals surface area contributed by atoms with Crippen LogP contribution in [0.1, 0.15) is 39.5 Å². The van der Waals surface area contributed by atoms with Gasteiger partial charge >= 0.3 is 6.16 Å². The first-order valence-electron chi connectivity index (χ1n) is 15.8. The van der Waals surface area contributed by atoms with E-state index in [1.165, 1.54) is 36.4 Å². The van der Waals surface area contributed by atoms with Gasteiger partial charge in [-0.1, -0.05) is 0 Å². The summed E-state index contributed by atoms with van der Waals surface area (Å²) in [5.74, 6) is -2.44. The first kappa shape index (κ1) is 34.5. The molecule has 3 fully saturated rings. The molecule has 0 bridgehead atoms. The van der Waals surface area contributed by atoms with E-state index >= 15 is 8.78 Å². The van der Waals surface area contributed by atoms with E-state index in [1.807, 2.05) is 0 Å². The third-order valence-corrected chi connectivity index (χ3v) is 9.42. The number of halogens is 2. The maximum absolute atomic E-state index is 15.2. The summed E-state index contributed by atoms with van der Waals surface area (Å²) in [6.45, 7) is 6.69. The molecule has 2 aromatic rings. The molecule has 3 aliphatic rings. The number of benzene rings is 2. The predicted molar refractivity (Wildman–Crippen MR) is 168 cm³/mol. The molecule has 0 radical (unpaired) electrons. The second kappa shape index (κ2) is 14.5. The van der Waals surface area contributed by atoms with Crippen molar-refractivity contribution in [2.24, 2.45) is 5.92 Å². The number of nitrogens with one attached hydrogen (secondary N) is 2. The van der Waals surface area contributed by atoms with Crippen LogP contribution >= 0.6 is 0 Å². The number of nitrogens with zero attached hydrogens (tertiary/aromatic N) is 4. The molecular weight excluding hydrogens is 634 g/mol. The van der Waals surface area contributed by atoms with Crippen LogP contribution < -0.4 is 20.3 Å². The number of hydrogen-bond donors (Lipinski definition) is 2. The lowest BCUT2D eigenvalue weighted by Crippen LogP contribution is -2.59. The number of rotatable bonds is 9. The summed E-state index contributed by atoms with van der Waals surface area (Å²) in [7, 11) is 0. The summed E-state index contributed by atoms with van der Waals surface area (Å²) in [6, 6.07) is 6.46. The number of carbonyl (C=O) groups is 4. The highest BCUT2D eigenvalue weighted by molar-refractivity contribution is 6.01. The Morgan fingerprint density at radius 3 is 2.21 bits per heavy atom. The van der Waals surface area contributed by atoms with E-state index in [1.54, 1.807) is 9.80 Å². The molecular formula is C32H38F2N6O8. The minimum absolute atomic E-state index is 0.0504. The third kappa shape index (κ3) is 7.98. The average Bonchev–Trinajstić information content (AvgIpc) is 3.05. The van der Waals surface area contributed by atoms with Crippen molar-refractivity contribution < 1.29 is 42.4 Å². The fourth-order valence-electron chi connectivity index (χ4n) is 6.56. The molecule has 0 aliphatic carbocycles. The van der Waals surface area contributed by atoms with Crippen molar-refractivity contribution in [2.75, 3.05) is 56.1 Å². The normalized spacial score (nSPS) is 19.5. The molecule has 258 valence electrons. The monoisotopic (exact) mass is 672 g/mol. The quantitative estimate of drug-likeness (QED) is 0.132. The van der Waals surface area contributed by atoms with Gasteiger partial charge in [0.15, 0.2) is 18.2 Å². The van der Waals surface area contributed by atoms with Gasteiger partial charge in [-0.2, -0.15) is 0 Å². The van der Waals surface area contributed by atoms with Gasteiger partial charge in [-0.15, -0.1) is 0 Å². The van der Waals surface area contributed by atoms with E-state index in [2.05, 4.69) is 29.4 Å². The van der Waals surface area contributed by atoms with Gasteiger partial charge in [0.1, 0.15) is 17.5 Å². The van der Waals surface area contributed by atoms with Crippen LogP contribution in [0.5, 0.6) is 5.75 Å². The number of likely N-dealkylation sites (tertiary alicyclic amines) is 1. The Morgan fingerprint density at radius 2 is 1.62 bits per heavy atom. The molecule has 16 heteroatoms. The van der Waals surface area contributed by atoms with Crippen LogP contribution in [0.4, 0.5) is 30.6 Å². The molecule has 2 N–H and O–H groups in total. The van der Waals surface area contributed by atoms with Crippen LogP contribution in [0.25, 0.3) is 0 Å². The number of non-ortho nitro benzene ring substituents is 1. The van der Waals surface area contributed by atoms with Crippen molar-refractivity contribution in [3.63, 3.8) is 0 Å². The maximum atomic E-state index is 15.2. The highest BCUT2D eigenvalue weighted by Gasteiger charge is 2.40. The van der Waals surface area contributed by atoms with Gasteiger partial charge in [0.05, 0.1) is 4.92 Å². The van der Waals surface area contributed by atoms with Crippen molar-refractivity contribution in [3.8, 4) is 5.75 Å². The number of piperazine rings is 1. The van der Waals surface area contributed by atoms with Gasteiger partial charge in [0, 0.05) is 69.0 Å². The molecule has 3 heterocycles. The molecule has 0 spiro atoms. The number of imide groups is 1. The number of nitro groups is 1. The van der Waals surface area contributed by atoms with E-state index < -0.39 is 41.3 Å². The van der Waals surface area contributed by atoms with Crippen molar-refractivity contribution in [3.05, 3.63) is 58.1 Å². The molecule has 48 heavy (non-hydrogen) atoms. The number of anilines is 2. The van der Waals surface area contributed by atoms with Crippen LogP contribution in [0.2, 0.25) is 0 Å². The fraction of sp³-hybridized carbons (Fsp3) is 0.500. The minimum Gasteiger partial charge on any atom is -0.424 e. The van der Waals surface area contributed by atoms with Gasteiger partial charge in [-0.05, 0) is 63.3 Å². The molecule has 3 saturated heterocycles. The Morgan fingerprint density at radius 1 is 1.00 bits per heavy atom. The number of nitro benzene ring substituents is 1. The van der Waals surface area contributed by atoms with Crippen LogP contribution in [-0.4, -0.2) is 96.1 Å². The number of piperidine rings is 2. The summed E-state index contributed by atoms with van der Waals surface area (Å²) in [5.41, 5.74) is -0.400. The standard InChI is InChI=1S/C32H38F2N6O8/c1-32(2,20-9-11-37(12-10-20)28(42)19-47-31(44)48-23-5-3-22(4-6-23)40(45)46)39-15-13-38(14-16-39)29-24(33)17-21(18-25(29)34)35-26-7-8-27(41)36-30(26)43/h3-6,17-18,20,26,35H,7-16,19H2,1-2H3,(H,36,41,43). The second-order valence-corrected chi connectivity index (χ2v) is 12.6. The summed E-state index contributed by atoms with van der Waals surface area (Å²) in [6.07, 6.45) is 0.731. The SMILES string of the molecule is CC(C)(C1CCN(C(=O)COC(=O)Oc2ccc([N+](=O)[O-])cc2)CC1)N1CCN(c2c(F)cc(NC3CCC(=O)NC3=O)cc2F)CC1. The largest absolute Gasteiger partial charge is 0.514 e. The van der Waals surface area contributed by atoms with Crippen LogP contribution in [0.3, 0.4) is 0 Å². The molecule has 0 saturated carbocycles. The highest BCUT2D eigenvalue weighted by Crippen LogP contribution is 2.35. The zero-order chi connectivity index (χ0) is 34.6. The zero-order valence-corrected chi connectivity index (χ0v) is 26.7. The lowest BCUT2D eigenvalue weighted by Gasteiger charge is -2.50. The van der Waals surface area contributed by atoms with Gasteiger partial charge in [-0.3, -0.25) is 34.7 Å². The zero-order valence-electron chi connectivity index (χ0n) is 26.7. The van der Waals surface area contributed by atoms with E-state index in [-0.39, 0.29) is 58.9 Å². The Kier molecular flexibility index (Phi) is 10.4. The van der Waals surface area contributed by atoms with Gasteiger partial charge in [-0.25, -0.2) is 13.6 Å². The van der Waals surface area contributed by atoms with Gasteiger partial charge < -0.3 is 24.6 Å². The molecule has 0 aromatic heterocycles. The Balaban J connectivity index is 1.07. The average molecular weight is 673 g/mol. The van der Waals surface area contributed by atoms with Crippen LogP contribution in [0.15, 0.2) is 36.4 Å². The van der Waals surface area contributed by atoms with Crippen LogP contribution in [0, 0.1) is 27.7 Å². The highest BCUT2D eigenvalue weighted by atomic mass is 19.1. The molecule has 14 nitrogen and oxygen atoms in total. The Hall–Kier alpha value is -4.86. The lowest BCUT2D eigenvalue weighted by atomic mass is 9.78. The lowest BCUT2D eigenvalue weighted by molar-refractivity contribution is -0.384. The van der Waals surface area contributed by atoms with Crippen molar-refractivity contribution in [1.82, 2.24) is 15.1 Å². The number of ether oxygens (including phenoxy) is 2. The fourth-order valence-corrected chi connectivity index (χ4v) is 6.56. The molecule has 3 amide bonds. The first-order chi connectivity index (χ1) is 22.8. The summed E-state index contributed by atoms with van der Waals surface area (Å²) < 4.78 is 40.3. The molecule has 1 unspecified atom stereocenters.